The Hall–Kier alpha value is -2.93. The van der Waals surface area contributed by atoms with E-state index in [0.29, 0.717) is 19.8 Å². The third kappa shape index (κ3) is 3.39. The SMILES string of the molecule is CCN=c1scc(-c2ccc3c(c2)OCCO3)n1/N=C\c1ccccn1. The van der Waals surface area contributed by atoms with Crippen LogP contribution in [0.3, 0.4) is 0 Å². The maximum Gasteiger partial charge on any atom is 0.206 e. The van der Waals surface area contributed by atoms with Crippen LogP contribution in [-0.4, -0.2) is 35.6 Å². The van der Waals surface area contributed by atoms with Crippen molar-refractivity contribution in [3.63, 3.8) is 0 Å². The van der Waals surface area contributed by atoms with Crippen LogP contribution in [0.4, 0.5) is 0 Å². The van der Waals surface area contributed by atoms with Crippen molar-refractivity contribution in [3.05, 3.63) is 58.5 Å². The van der Waals surface area contributed by atoms with Crippen molar-refractivity contribution in [1.82, 2.24) is 9.66 Å². The van der Waals surface area contributed by atoms with Gasteiger partial charge in [-0.25, -0.2) is 4.68 Å². The molecule has 26 heavy (non-hydrogen) atoms. The fraction of sp³-hybridized carbons (Fsp3) is 0.211. The lowest BCUT2D eigenvalue weighted by Crippen LogP contribution is -2.15. The van der Waals surface area contributed by atoms with Gasteiger partial charge in [-0.05, 0) is 37.3 Å². The Bertz CT molecular complexity index is 992. The van der Waals surface area contributed by atoms with Crippen LogP contribution < -0.4 is 14.3 Å². The Morgan fingerprint density at radius 3 is 2.88 bits per heavy atom. The summed E-state index contributed by atoms with van der Waals surface area (Å²) in [5.41, 5.74) is 2.74. The number of ether oxygens (including phenoxy) is 2. The van der Waals surface area contributed by atoms with Crippen LogP contribution in [0.25, 0.3) is 11.3 Å². The Morgan fingerprint density at radius 1 is 1.19 bits per heavy atom. The number of hydrogen-bond donors (Lipinski definition) is 0. The maximum atomic E-state index is 5.71. The molecule has 6 nitrogen and oxygen atoms in total. The van der Waals surface area contributed by atoms with E-state index in [1.807, 2.05) is 48.0 Å². The average Bonchev–Trinajstić information content (AvgIpc) is 3.10. The highest BCUT2D eigenvalue weighted by Gasteiger charge is 2.15. The molecule has 0 saturated heterocycles. The molecule has 1 aliphatic heterocycles. The minimum absolute atomic E-state index is 0.564. The maximum absolute atomic E-state index is 5.71. The van der Waals surface area contributed by atoms with Crippen LogP contribution in [0, 0.1) is 0 Å². The van der Waals surface area contributed by atoms with Crippen molar-refractivity contribution in [2.45, 2.75) is 6.92 Å². The second-order valence-electron chi connectivity index (χ2n) is 5.55. The van der Waals surface area contributed by atoms with Gasteiger partial charge < -0.3 is 9.47 Å². The standard InChI is InChI=1S/C19H18N4O2S/c1-2-20-19-23(22-12-15-5-3-4-8-21-15)16(13-26-19)14-6-7-17-18(11-14)25-10-9-24-17/h3-8,11-13H,2,9-10H2,1H3/b20-19?,22-12-. The zero-order valence-electron chi connectivity index (χ0n) is 14.3. The molecule has 1 aromatic carbocycles. The van der Waals surface area contributed by atoms with E-state index in [0.717, 1.165) is 33.3 Å². The van der Waals surface area contributed by atoms with Gasteiger partial charge in [-0.15, -0.1) is 11.3 Å². The molecule has 132 valence electrons. The van der Waals surface area contributed by atoms with Crippen LogP contribution in [0.2, 0.25) is 0 Å². The highest BCUT2D eigenvalue weighted by Crippen LogP contribution is 2.34. The van der Waals surface area contributed by atoms with Crippen molar-refractivity contribution < 1.29 is 9.47 Å². The van der Waals surface area contributed by atoms with E-state index in [2.05, 4.69) is 20.5 Å². The zero-order chi connectivity index (χ0) is 17.8. The molecule has 0 atom stereocenters. The summed E-state index contributed by atoms with van der Waals surface area (Å²) >= 11 is 1.56. The second kappa shape index (κ2) is 7.53. The first-order valence-corrected chi connectivity index (χ1v) is 9.29. The van der Waals surface area contributed by atoms with Gasteiger partial charge >= 0.3 is 0 Å². The van der Waals surface area contributed by atoms with Crippen molar-refractivity contribution in [2.75, 3.05) is 19.8 Å². The van der Waals surface area contributed by atoms with Gasteiger partial charge in [0.15, 0.2) is 11.5 Å². The molecule has 1 aliphatic rings. The summed E-state index contributed by atoms with van der Waals surface area (Å²) in [5, 5.41) is 6.67. The van der Waals surface area contributed by atoms with Crippen LogP contribution in [0.5, 0.6) is 11.5 Å². The van der Waals surface area contributed by atoms with Gasteiger partial charge in [0.2, 0.25) is 4.80 Å². The van der Waals surface area contributed by atoms with Crippen LogP contribution in [0.15, 0.2) is 58.1 Å². The Balaban J connectivity index is 1.77. The second-order valence-corrected chi connectivity index (χ2v) is 6.38. The van der Waals surface area contributed by atoms with E-state index in [-0.39, 0.29) is 0 Å². The molecular formula is C19H18N4O2S. The topological polar surface area (TPSA) is 61.0 Å². The van der Waals surface area contributed by atoms with E-state index < -0.39 is 0 Å². The number of rotatable bonds is 4. The fourth-order valence-corrected chi connectivity index (χ4v) is 3.53. The monoisotopic (exact) mass is 366 g/mol. The number of aromatic nitrogens is 2. The number of pyridine rings is 1. The summed E-state index contributed by atoms with van der Waals surface area (Å²) in [4.78, 5) is 9.67. The van der Waals surface area contributed by atoms with Gasteiger partial charge in [0.05, 0.1) is 17.6 Å². The molecule has 0 amide bonds. The van der Waals surface area contributed by atoms with Crippen molar-refractivity contribution in [3.8, 4) is 22.8 Å². The summed E-state index contributed by atoms with van der Waals surface area (Å²) in [6.45, 7) is 3.85. The molecular weight excluding hydrogens is 348 g/mol. The largest absolute Gasteiger partial charge is 0.486 e. The normalized spacial score (nSPS) is 14.1. The van der Waals surface area contributed by atoms with Crippen molar-refractivity contribution in [2.24, 2.45) is 10.1 Å². The summed E-state index contributed by atoms with van der Waals surface area (Å²) in [5.74, 6) is 1.53. The van der Waals surface area contributed by atoms with Crippen molar-refractivity contribution >= 4 is 17.6 Å². The predicted molar refractivity (Wildman–Crippen MR) is 102 cm³/mol. The Labute approximate surface area is 155 Å². The van der Waals surface area contributed by atoms with E-state index >= 15 is 0 Å². The molecule has 4 rings (SSSR count). The molecule has 0 unspecified atom stereocenters. The summed E-state index contributed by atoms with van der Waals surface area (Å²) in [6.07, 6.45) is 3.49. The lowest BCUT2D eigenvalue weighted by molar-refractivity contribution is 0.171. The summed E-state index contributed by atoms with van der Waals surface area (Å²) < 4.78 is 13.2. The highest BCUT2D eigenvalue weighted by molar-refractivity contribution is 7.07. The quantitative estimate of drug-likeness (QED) is 0.666. The number of fused-ring (bicyclic) bond motifs is 1. The molecule has 7 heteroatoms. The smallest absolute Gasteiger partial charge is 0.206 e. The molecule has 0 aliphatic carbocycles. The molecule has 0 spiro atoms. The minimum Gasteiger partial charge on any atom is -0.486 e. The van der Waals surface area contributed by atoms with E-state index in [9.17, 15) is 0 Å². The fourth-order valence-electron chi connectivity index (χ4n) is 2.62. The molecule has 0 radical (unpaired) electrons. The van der Waals surface area contributed by atoms with Gasteiger partial charge in [0, 0.05) is 23.7 Å². The molecule has 0 fully saturated rings. The van der Waals surface area contributed by atoms with E-state index in [1.165, 1.54) is 0 Å². The van der Waals surface area contributed by atoms with Gasteiger partial charge in [0.1, 0.15) is 13.2 Å². The molecule has 2 aromatic heterocycles. The van der Waals surface area contributed by atoms with Gasteiger partial charge in [-0.2, -0.15) is 5.10 Å². The first-order chi connectivity index (χ1) is 12.8. The van der Waals surface area contributed by atoms with Crippen LogP contribution in [0.1, 0.15) is 12.6 Å². The molecule has 3 heterocycles. The number of thiazole rings is 1. The molecule has 3 aromatic rings. The average molecular weight is 366 g/mol. The number of hydrogen-bond acceptors (Lipinski definition) is 6. The zero-order valence-corrected chi connectivity index (χ0v) is 15.1. The van der Waals surface area contributed by atoms with E-state index in [4.69, 9.17) is 9.47 Å². The molecule has 0 saturated carbocycles. The number of nitrogens with zero attached hydrogens (tertiary/aromatic N) is 4. The first kappa shape index (κ1) is 16.5. The predicted octanol–water partition coefficient (Wildman–Crippen LogP) is 3.19. The van der Waals surface area contributed by atoms with Gasteiger partial charge in [-0.1, -0.05) is 6.07 Å². The lowest BCUT2D eigenvalue weighted by atomic mass is 10.1. The Morgan fingerprint density at radius 2 is 2.08 bits per heavy atom. The van der Waals surface area contributed by atoms with Gasteiger partial charge in [-0.3, -0.25) is 9.98 Å². The third-order valence-corrected chi connectivity index (χ3v) is 4.66. The third-order valence-electron chi connectivity index (χ3n) is 3.81. The summed E-state index contributed by atoms with van der Waals surface area (Å²) in [6, 6.07) is 11.7. The molecule has 0 N–H and O–H groups in total. The molecule has 0 bridgehead atoms. The van der Waals surface area contributed by atoms with Gasteiger partial charge in [0.25, 0.3) is 0 Å². The Kier molecular flexibility index (Phi) is 4.79. The van der Waals surface area contributed by atoms with Crippen molar-refractivity contribution in [1.29, 1.82) is 0 Å². The van der Waals surface area contributed by atoms with E-state index in [1.54, 1.807) is 23.7 Å². The summed E-state index contributed by atoms with van der Waals surface area (Å²) in [7, 11) is 0. The van der Waals surface area contributed by atoms with Crippen LogP contribution >= 0.6 is 11.3 Å². The minimum atomic E-state index is 0.564. The lowest BCUT2D eigenvalue weighted by Gasteiger charge is -2.18. The van der Waals surface area contributed by atoms with Crippen LogP contribution in [-0.2, 0) is 0 Å². The number of benzene rings is 1. The first-order valence-electron chi connectivity index (χ1n) is 8.41. The highest BCUT2D eigenvalue weighted by atomic mass is 32.1.